The van der Waals surface area contributed by atoms with Crippen LogP contribution in [0.2, 0.25) is 0 Å². The van der Waals surface area contributed by atoms with Gasteiger partial charge in [-0.15, -0.1) is 0 Å². The van der Waals surface area contributed by atoms with Crippen molar-refractivity contribution in [3.8, 4) is 0 Å². The third-order valence-electron chi connectivity index (χ3n) is 4.16. The fraction of sp³-hybridized carbons (Fsp3) is 1.00. The van der Waals surface area contributed by atoms with E-state index in [0.29, 0.717) is 0 Å². The van der Waals surface area contributed by atoms with E-state index >= 15 is 0 Å². The third-order valence-corrected chi connectivity index (χ3v) is 4.16. The monoisotopic (exact) mass is 211 g/mol. The first-order chi connectivity index (χ1) is 7.31. The predicted octanol–water partition coefficient (Wildman–Crippen LogP) is 0.751. The Morgan fingerprint density at radius 2 is 1.87 bits per heavy atom. The van der Waals surface area contributed by atoms with E-state index in [1.165, 1.54) is 51.9 Å². The molecule has 0 bridgehead atoms. The smallest absolute Gasteiger partial charge is 0.0125 e. The van der Waals surface area contributed by atoms with Crippen LogP contribution >= 0.6 is 0 Å². The summed E-state index contributed by atoms with van der Waals surface area (Å²) in [5, 5.41) is 0. The highest BCUT2D eigenvalue weighted by molar-refractivity contribution is 4.87. The van der Waals surface area contributed by atoms with Gasteiger partial charge < -0.3 is 10.6 Å². The number of hydrogen-bond acceptors (Lipinski definition) is 3. The van der Waals surface area contributed by atoms with Gasteiger partial charge in [0.1, 0.15) is 0 Å². The van der Waals surface area contributed by atoms with Crippen molar-refractivity contribution in [3.05, 3.63) is 0 Å². The van der Waals surface area contributed by atoms with E-state index in [9.17, 15) is 0 Å². The molecular formula is C12H25N3. The number of piperazine rings is 1. The van der Waals surface area contributed by atoms with Gasteiger partial charge in [-0.1, -0.05) is 6.42 Å². The minimum absolute atomic E-state index is 0.849. The largest absolute Gasteiger partial charge is 0.330 e. The Labute approximate surface area is 93.6 Å². The SMILES string of the molecule is CN1CCN(C2CCCC2CCN)CC1. The lowest BCUT2D eigenvalue weighted by Crippen LogP contribution is -2.50. The molecule has 0 aromatic heterocycles. The van der Waals surface area contributed by atoms with Crippen LogP contribution < -0.4 is 5.73 Å². The highest BCUT2D eigenvalue weighted by Crippen LogP contribution is 2.32. The van der Waals surface area contributed by atoms with Gasteiger partial charge in [-0.05, 0) is 38.8 Å². The number of nitrogens with zero attached hydrogens (tertiary/aromatic N) is 2. The zero-order valence-corrected chi connectivity index (χ0v) is 9.99. The van der Waals surface area contributed by atoms with Crippen molar-refractivity contribution in [2.75, 3.05) is 39.8 Å². The number of rotatable bonds is 3. The van der Waals surface area contributed by atoms with Gasteiger partial charge in [-0.2, -0.15) is 0 Å². The maximum atomic E-state index is 5.70. The molecule has 1 heterocycles. The van der Waals surface area contributed by atoms with Gasteiger partial charge in [-0.3, -0.25) is 4.90 Å². The molecule has 88 valence electrons. The van der Waals surface area contributed by atoms with Crippen LogP contribution in [0, 0.1) is 5.92 Å². The van der Waals surface area contributed by atoms with Crippen molar-refractivity contribution >= 4 is 0 Å². The summed E-state index contributed by atoms with van der Waals surface area (Å²) < 4.78 is 0. The summed E-state index contributed by atoms with van der Waals surface area (Å²) in [4.78, 5) is 5.15. The van der Waals surface area contributed by atoms with E-state index in [1.54, 1.807) is 0 Å². The Hall–Kier alpha value is -0.120. The molecule has 0 spiro atoms. The minimum atomic E-state index is 0.849. The first-order valence-electron chi connectivity index (χ1n) is 6.44. The van der Waals surface area contributed by atoms with Gasteiger partial charge >= 0.3 is 0 Å². The second-order valence-corrected chi connectivity index (χ2v) is 5.17. The highest BCUT2D eigenvalue weighted by Gasteiger charge is 2.32. The lowest BCUT2D eigenvalue weighted by molar-refractivity contribution is 0.0903. The quantitative estimate of drug-likeness (QED) is 0.748. The number of likely N-dealkylation sites (N-methyl/N-ethyl adjacent to an activating group) is 1. The van der Waals surface area contributed by atoms with Gasteiger partial charge in [0.25, 0.3) is 0 Å². The maximum Gasteiger partial charge on any atom is 0.0125 e. The molecule has 2 unspecified atom stereocenters. The maximum absolute atomic E-state index is 5.70. The topological polar surface area (TPSA) is 32.5 Å². The average molecular weight is 211 g/mol. The molecule has 1 saturated carbocycles. The highest BCUT2D eigenvalue weighted by atomic mass is 15.3. The van der Waals surface area contributed by atoms with Gasteiger partial charge in [0, 0.05) is 32.2 Å². The van der Waals surface area contributed by atoms with Crippen molar-refractivity contribution in [1.29, 1.82) is 0 Å². The van der Waals surface area contributed by atoms with Crippen molar-refractivity contribution in [2.45, 2.75) is 31.7 Å². The molecule has 3 nitrogen and oxygen atoms in total. The van der Waals surface area contributed by atoms with E-state index in [4.69, 9.17) is 5.73 Å². The lowest BCUT2D eigenvalue weighted by Gasteiger charge is -2.38. The molecule has 1 saturated heterocycles. The Balaban J connectivity index is 1.86. The molecule has 0 radical (unpaired) electrons. The Bertz CT molecular complexity index is 187. The number of hydrogen-bond donors (Lipinski definition) is 1. The molecule has 0 aromatic carbocycles. The summed E-state index contributed by atoms with van der Waals surface area (Å²) in [6, 6.07) is 0.849. The van der Waals surface area contributed by atoms with Crippen molar-refractivity contribution < 1.29 is 0 Å². The summed E-state index contributed by atoms with van der Waals surface area (Å²) in [6.07, 6.45) is 5.47. The minimum Gasteiger partial charge on any atom is -0.330 e. The molecule has 3 heteroatoms. The van der Waals surface area contributed by atoms with Crippen LogP contribution in [0.25, 0.3) is 0 Å². The second-order valence-electron chi connectivity index (χ2n) is 5.17. The molecule has 2 atom stereocenters. The van der Waals surface area contributed by atoms with Crippen LogP contribution in [-0.2, 0) is 0 Å². The Morgan fingerprint density at radius 1 is 1.13 bits per heavy atom. The fourth-order valence-corrected chi connectivity index (χ4v) is 3.20. The van der Waals surface area contributed by atoms with Crippen molar-refractivity contribution in [1.82, 2.24) is 9.80 Å². The molecule has 2 fully saturated rings. The zero-order valence-electron chi connectivity index (χ0n) is 9.99. The van der Waals surface area contributed by atoms with Gasteiger partial charge in [0.05, 0.1) is 0 Å². The fourth-order valence-electron chi connectivity index (χ4n) is 3.20. The van der Waals surface area contributed by atoms with Crippen LogP contribution in [0.3, 0.4) is 0 Å². The third kappa shape index (κ3) is 2.71. The molecule has 2 N–H and O–H groups in total. The molecule has 2 rings (SSSR count). The standard InChI is InChI=1S/C12H25N3/c1-14-7-9-15(10-8-14)12-4-2-3-11(12)5-6-13/h11-12H,2-10,13H2,1H3. The molecule has 0 aromatic rings. The summed E-state index contributed by atoms with van der Waals surface area (Å²) >= 11 is 0. The molecule has 15 heavy (non-hydrogen) atoms. The average Bonchev–Trinajstić information content (AvgIpc) is 2.68. The van der Waals surface area contributed by atoms with Gasteiger partial charge in [0.15, 0.2) is 0 Å². The molecular weight excluding hydrogens is 186 g/mol. The van der Waals surface area contributed by atoms with Crippen LogP contribution in [-0.4, -0.2) is 55.6 Å². The van der Waals surface area contributed by atoms with E-state index < -0.39 is 0 Å². The molecule has 1 aliphatic carbocycles. The summed E-state index contributed by atoms with van der Waals surface area (Å²) in [7, 11) is 2.23. The van der Waals surface area contributed by atoms with Gasteiger partial charge in [0.2, 0.25) is 0 Å². The predicted molar refractivity (Wildman–Crippen MR) is 63.9 cm³/mol. The normalized spacial score (nSPS) is 34.8. The Morgan fingerprint density at radius 3 is 2.53 bits per heavy atom. The van der Waals surface area contributed by atoms with Crippen molar-refractivity contribution in [3.63, 3.8) is 0 Å². The lowest BCUT2D eigenvalue weighted by atomic mass is 9.97. The zero-order chi connectivity index (χ0) is 10.7. The van der Waals surface area contributed by atoms with Crippen molar-refractivity contribution in [2.24, 2.45) is 11.7 Å². The summed E-state index contributed by atoms with van der Waals surface area (Å²) in [6.45, 7) is 5.89. The molecule has 2 aliphatic rings. The van der Waals surface area contributed by atoms with Crippen LogP contribution in [0.4, 0.5) is 0 Å². The molecule has 1 aliphatic heterocycles. The second kappa shape index (κ2) is 5.28. The van der Waals surface area contributed by atoms with E-state index in [-0.39, 0.29) is 0 Å². The first-order valence-corrected chi connectivity index (χ1v) is 6.44. The molecule has 0 amide bonds. The summed E-state index contributed by atoms with van der Waals surface area (Å²) in [5.74, 6) is 0.887. The first kappa shape index (κ1) is 11.4. The van der Waals surface area contributed by atoms with Crippen LogP contribution in [0.15, 0.2) is 0 Å². The van der Waals surface area contributed by atoms with Crippen LogP contribution in [0.1, 0.15) is 25.7 Å². The van der Waals surface area contributed by atoms with Crippen LogP contribution in [0.5, 0.6) is 0 Å². The number of nitrogens with two attached hydrogens (primary N) is 1. The van der Waals surface area contributed by atoms with E-state index in [2.05, 4.69) is 16.8 Å². The van der Waals surface area contributed by atoms with E-state index in [1.807, 2.05) is 0 Å². The van der Waals surface area contributed by atoms with E-state index in [0.717, 1.165) is 18.5 Å². The Kier molecular flexibility index (Phi) is 4.00. The van der Waals surface area contributed by atoms with Gasteiger partial charge in [-0.25, -0.2) is 0 Å². The summed E-state index contributed by atoms with van der Waals surface area (Å²) in [5.41, 5.74) is 5.70.